The lowest BCUT2D eigenvalue weighted by molar-refractivity contribution is -0.138. The van der Waals surface area contributed by atoms with E-state index in [0.29, 0.717) is 16.7 Å². The number of aliphatic carboxylic acids is 1. The SMILES string of the molecule is O=C(O)CCC1CN(S(=O)(=O)c2cccc(C(F)(F)F)c2)c2cc(-c3cccc(Cl)c3)cc(F)c2O1. The second-order valence-electron chi connectivity index (χ2n) is 8.05. The van der Waals surface area contributed by atoms with Gasteiger partial charge in [0.05, 0.1) is 22.7 Å². The van der Waals surface area contributed by atoms with Crippen molar-refractivity contribution in [3.05, 3.63) is 77.1 Å². The molecule has 0 aliphatic carbocycles. The van der Waals surface area contributed by atoms with Gasteiger partial charge >= 0.3 is 12.1 Å². The smallest absolute Gasteiger partial charge is 0.416 e. The Morgan fingerprint density at radius 1 is 1.08 bits per heavy atom. The summed E-state index contributed by atoms with van der Waals surface area (Å²) >= 11 is 6.03. The van der Waals surface area contributed by atoms with E-state index in [4.69, 9.17) is 21.4 Å². The number of carbonyl (C=O) groups is 1. The summed E-state index contributed by atoms with van der Waals surface area (Å²) in [7, 11) is -4.64. The van der Waals surface area contributed by atoms with Gasteiger partial charge in [-0.25, -0.2) is 12.8 Å². The maximum Gasteiger partial charge on any atom is 0.416 e. The van der Waals surface area contributed by atoms with Crippen molar-refractivity contribution in [3.63, 3.8) is 0 Å². The van der Waals surface area contributed by atoms with Crippen LogP contribution >= 0.6 is 11.6 Å². The van der Waals surface area contributed by atoms with Gasteiger partial charge in [-0.2, -0.15) is 13.2 Å². The number of carboxylic acids is 1. The number of carboxylic acid groups (broad SMARTS) is 1. The van der Waals surface area contributed by atoms with E-state index in [2.05, 4.69) is 0 Å². The summed E-state index contributed by atoms with van der Waals surface area (Å²) in [4.78, 5) is 10.4. The van der Waals surface area contributed by atoms with Crippen LogP contribution in [0.15, 0.2) is 65.6 Å². The Bertz CT molecular complexity index is 1430. The largest absolute Gasteiger partial charge is 0.483 e. The number of sulfonamides is 1. The highest BCUT2D eigenvalue weighted by atomic mass is 35.5. The van der Waals surface area contributed by atoms with Gasteiger partial charge in [-0.15, -0.1) is 0 Å². The van der Waals surface area contributed by atoms with Crippen molar-refractivity contribution in [2.75, 3.05) is 10.8 Å². The summed E-state index contributed by atoms with van der Waals surface area (Å²) in [6.45, 7) is -0.433. The molecule has 36 heavy (non-hydrogen) atoms. The number of anilines is 1. The maximum absolute atomic E-state index is 15.2. The summed E-state index contributed by atoms with van der Waals surface area (Å²) in [5.41, 5.74) is -0.675. The van der Waals surface area contributed by atoms with E-state index in [9.17, 15) is 26.4 Å². The first-order valence-electron chi connectivity index (χ1n) is 10.5. The molecule has 3 aromatic carbocycles. The highest BCUT2D eigenvalue weighted by Crippen LogP contribution is 2.43. The van der Waals surface area contributed by atoms with E-state index < -0.39 is 56.8 Å². The van der Waals surface area contributed by atoms with E-state index in [1.54, 1.807) is 18.2 Å². The zero-order valence-corrected chi connectivity index (χ0v) is 19.9. The summed E-state index contributed by atoms with van der Waals surface area (Å²) < 4.78 is 88.5. The summed E-state index contributed by atoms with van der Waals surface area (Å²) in [6.07, 6.45) is -6.39. The number of hydrogen-bond donors (Lipinski definition) is 1. The molecule has 12 heteroatoms. The summed E-state index contributed by atoms with van der Waals surface area (Å²) in [5.74, 6) is -2.54. The molecule has 0 spiro atoms. The zero-order valence-electron chi connectivity index (χ0n) is 18.3. The number of benzene rings is 3. The molecule has 0 aromatic heterocycles. The molecule has 1 aliphatic heterocycles. The Morgan fingerprint density at radius 2 is 1.81 bits per heavy atom. The normalized spacial score (nSPS) is 15.8. The van der Waals surface area contributed by atoms with Crippen LogP contribution in [0.4, 0.5) is 23.2 Å². The first-order chi connectivity index (χ1) is 16.9. The van der Waals surface area contributed by atoms with E-state index in [1.165, 1.54) is 12.1 Å². The fourth-order valence-electron chi connectivity index (χ4n) is 3.83. The van der Waals surface area contributed by atoms with Crippen molar-refractivity contribution >= 4 is 33.3 Å². The second-order valence-corrected chi connectivity index (χ2v) is 10.3. The van der Waals surface area contributed by atoms with Crippen molar-refractivity contribution < 1.29 is 40.6 Å². The summed E-state index contributed by atoms with van der Waals surface area (Å²) in [6, 6.07) is 12.0. The predicted molar refractivity (Wildman–Crippen MR) is 124 cm³/mol. The van der Waals surface area contributed by atoms with Crippen LogP contribution < -0.4 is 9.04 Å². The van der Waals surface area contributed by atoms with Crippen molar-refractivity contribution in [1.82, 2.24) is 0 Å². The lowest BCUT2D eigenvalue weighted by atomic mass is 10.0. The molecule has 6 nitrogen and oxygen atoms in total. The van der Waals surface area contributed by atoms with Crippen LogP contribution in [0.2, 0.25) is 5.02 Å². The van der Waals surface area contributed by atoms with Crippen LogP contribution in [0.1, 0.15) is 18.4 Å². The lowest BCUT2D eigenvalue weighted by Crippen LogP contribution is -2.44. The first-order valence-corrected chi connectivity index (χ1v) is 12.4. The van der Waals surface area contributed by atoms with Crippen molar-refractivity contribution in [1.29, 1.82) is 0 Å². The molecule has 0 radical (unpaired) electrons. The molecule has 0 bridgehead atoms. The third-order valence-corrected chi connectivity index (χ3v) is 7.54. The highest BCUT2D eigenvalue weighted by Gasteiger charge is 2.38. The van der Waals surface area contributed by atoms with Gasteiger partial charge in [-0.3, -0.25) is 9.10 Å². The van der Waals surface area contributed by atoms with Gasteiger partial charge in [0.25, 0.3) is 10.0 Å². The van der Waals surface area contributed by atoms with Gasteiger partial charge in [0.2, 0.25) is 0 Å². The number of halogens is 5. The van der Waals surface area contributed by atoms with Gasteiger partial charge in [-0.1, -0.05) is 29.8 Å². The molecule has 1 unspecified atom stereocenters. The minimum atomic E-state index is -4.79. The molecular formula is C24H18ClF4NO5S. The van der Waals surface area contributed by atoms with E-state index >= 15 is 4.39 Å². The highest BCUT2D eigenvalue weighted by molar-refractivity contribution is 7.92. The number of fused-ring (bicyclic) bond motifs is 1. The number of rotatable bonds is 6. The average molecular weight is 544 g/mol. The number of nitrogens with zero attached hydrogens (tertiary/aromatic N) is 1. The van der Waals surface area contributed by atoms with Crippen molar-refractivity contribution in [2.45, 2.75) is 30.0 Å². The monoisotopic (exact) mass is 543 g/mol. The Balaban J connectivity index is 1.86. The van der Waals surface area contributed by atoms with Crippen LogP contribution in [0.25, 0.3) is 11.1 Å². The quantitative estimate of drug-likeness (QED) is 0.386. The molecule has 0 fully saturated rings. The molecule has 1 aliphatic rings. The number of hydrogen-bond acceptors (Lipinski definition) is 4. The molecular weight excluding hydrogens is 526 g/mol. The van der Waals surface area contributed by atoms with E-state index in [-0.39, 0.29) is 24.1 Å². The third kappa shape index (κ3) is 5.26. The molecule has 1 atom stereocenters. The molecule has 0 saturated heterocycles. The van der Waals surface area contributed by atoms with E-state index in [1.807, 2.05) is 0 Å². The molecule has 0 amide bonds. The molecule has 3 aromatic rings. The third-order valence-electron chi connectivity index (χ3n) is 5.53. The number of ether oxygens (including phenoxy) is 1. The molecule has 1 N–H and O–H groups in total. The minimum absolute atomic E-state index is 0.154. The molecule has 190 valence electrons. The first kappa shape index (κ1) is 25.8. The minimum Gasteiger partial charge on any atom is -0.483 e. The Morgan fingerprint density at radius 3 is 2.47 bits per heavy atom. The van der Waals surface area contributed by atoms with Crippen LogP contribution in [-0.2, 0) is 21.0 Å². The van der Waals surface area contributed by atoms with Gasteiger partial charge in [0.15, 0.2) is 11.6 Å². The zero-order chi connectivity index (χ0) is 26.3. The van der Waals surface area contributed by atoms with Crippen LogP contribution in [0.3, 0.4) is 0 Å². The van der Waals surface area contributed by atoms with Crippen LogP contribution in [-0.4, -0.2) is 32.1 Å². The van der Waals surface area contributed by atoms with Gasteiger partial charge in [-0.05, 0) is 60.0 Å². The summed E-state index contributed by atoms with van der Waals surface area (Å²) in [5, 5.41) is 9.36. The number of alkyl halides is 3. The van der Waals surface area contributed by atoms with Gasteiger partial charge in [0.1, 0.15) is 6.10 Å². The average Bonchev–Trinajstić information content (AvgIpc) is 2.82. The van der Waals surface area contributed by atoms with E-state index in [0.717, 1.165) is 28.6 Å². The lowest BCUT2D eigenvalue weighted by Gasteiger charge is -2.36. The molecule has 1 heterocycles. The topological polar surface area (TPSA) is 83.9 Å². The molecule has 0 saturated carbocycles. The Hall–Kier alpha value is -3.31. The van der Waals surface area contributed by atoms with Crippen LogP contribution in [0.5, 0.6) is 5.75 Å². The predicted octanol–water partition coefficient (Wildman–Crippen LogP) is 5.99. The maximum atomic E-state index is 15.2. The van der Waals surface area contributed by atoms with Crippen LogP contribution in [0, 0.1) is 5.82 Å². The van der Waals surface area contributed by atoms with Gasteiger partial charge < -0.3 is 9.84 Å². The van der Waals surface area contributed by atoms with Gasteiger partial charge in [0, 0.05) is 11.4 Å². The van der Waals surface area contributed by atoms with Crippen molar-refractivity contribution in [3.8, 4) is 16.9 Å². The van der Waals surface area contributed by atoms with Crippen molar-refractivity contribution in [2.24, 2.45) is 0 Å². The Labute approximate surface area is 208 Å². The molecule has 4 rings (SSSR count). The Kier molecular flexibility index (Phi) is 6.89. The fraction of sp³-hybridized carbons (Fsp3) is 0.208. The standard InChI is InChI=1S/C24H18ClF4NO5S/c25-17-5-1-3-14(9-17)15-10-20(26)23-21(11-15)30(13-18(35-23)7-8-22(31)32)36(33,34)19-6-2-4-16(12-19)24(27,28)29/h1-6,9-12,18H,7-8,13H2,(H,31,32). The second kappa shape index (κ2) is 9.62. The fourth-order valence-corrected chi connectivity index (χ4v) is 5.55.